The number of nitrogens with zero attached hydrogens (tertiary/aromatic N) is 1. The SMILES string of the molecule is C#Cc1cccc2nc3c(N)cccc3cc12.c1cc2cc-2c1. The van der Waals surface area contributed by atoms with Gasteiger partial charge >= 0.3 is 0 Å². The Morgan fingerprint density at radius 2 is 1.61 bits per heavy atom. The molecule has 0 saturated heterocycles. The number of hydrogen-bond donors (Lipinski definition) is 1. The topological polar surface area (TPSA) is 38.9 Å². The number of terminal acetylenes is 1. The van der Waals surface area contributed by atoms with Crippen LogP contribution in [0.2, 0.25) is 0 Å². The van der Waals surface area contributed by atoms with Crippen LogP contribution in [0.25, 0.3) is 32.9 Å². The molecule has 2 aromatic carbocycles. The summed E-state index contributed by atoms with van der Waals surface area (Å²) >= 11 is 0. The first kappa shape index (κ1) is 13.4. The summed E-state index contributed by atoms with van der Waals surface area (Å²) in [5.74, 6) is 2.68. The summed E-state index contributed by atoms with van der Waals surface area (Å²) in [7, 11) is 0. The average molecular weight is 294 g/mol. The number of benzene rings is 3. The largest absolute Gasteiger partial charge is 0.397 e. The molecule has 0 spiro atoms. The molecule has 2 N–H and O–H groups in total. The minimum Gasteiger partial charge on any atom is -0.397 e. The number of fused-ring (bicyclic) bond motifs is 3. The van der Waals surface area contributed by atoms with E-state index in [-0.39, 0.29) is 0 Å². The molecule has 1 heterocycles. The van der Waals surface area contributed by atoms with Crippen molar-refractivity contribution < 1.29 is 0 Å². The van der Waals surface area contributed by atoms with Gasteiger partial charge in [-0.3, -0.25) is 0 Å². The van der Waals surface area contributed by atoms with Crippen molar-refractivity contribution in [3.05, 3.63) is 72.3 Å². The van der Waals surface area contributed by atoms with Gasteiger partial charge in [-0.1, -0.05) is 42.3 Å². The fraction of sp³-hybridized carbons (Fsp3) is 0. The van der Waals surface area contributed by atoms with Crippen LogP contribution in [-0.2, 0) is 0 Å². The molecule has 0 bridgehead atoms. The second-order valence-electron chi connectivity index (χ2n) is 5.50. The highest BCUT2D eigenvalue weighted by Gasteiger charge is 2.07. The fourth-order valence-electron chi connectivity index (χ4n) is 2.71. The molecule has 2 aliphatic rings. The monoisotopic (exact) mass is 294 g/mol. The first-order valence-electron chi connectivity index (χ1n) is 7.41. The second-order valence-corrected chi connectivity index (χ2v) is 5.50. The van der Waals surface area contributed by atoms with Crippen molar-refractivity contribution in [1.82, 2.24) is 4.98 Å². The van der Waals surface area contributed by atoms with Crippen LogP contribution in [0.3, 0.4) is 0 Å². The molecule has 2 nitrogen and oxygen atoms in total. The van der Waals surface area contributed by atoms with Gasteiger partial charge in [-0.2, -0.15) is 0 Å². The molecule has 108 valence electrons. The highest BCUT2D eigenvalue weighted by molar-refractivity contribution is 5.99. The van der Waals surface area contributed by atoms with Crippen LogP contribution in [0.15, 0.2) is 66.7 Å². The predicted molar refractivity (Wildman–Crippen MR) is 97.0 cm³/mol. The summed E-state index contributed by atoms with van der Waals surface area (Å²) in [6.07, 6.45) is 5.49. The number of rotatable bonds is 0. The molecule has 5 rings (SSSR count). The zero-order chi connectivity index (χ0) is 15.8. The molecule has 0 amide bonds. The van der Waals surface area contributed by atoms with Gasteiger partial charge in [0.1, 0.15) is 0 Å². The van der Waals surface area contributed by atoms with E-state index in [1.807, 2.05) is 42.5 Å². The van der Waals surface area contributed by atoms with Crippen molar-refractivity contribution >= 4 is 27.5 Å². The number of hydrogen-bond acceptors (Lipinski definition) is 2. The van der Waals surface area contributed by atoms with Gasteiger partial charge in [-0.15, -0.1) is 6.42 Å². The summed E-state index contributed by atoms with van der Waals surface area (Å²) in [4.78, 5) is 4.57. The van der Waals surface area contributed by atoms with Gasteiger partial charge in [-0.25, -0.2) is 4.98 Å². The molecular weight excluding hydrogens is 280 g/mol. The Balaban J connectivity index is 0.000000186. The van der Waals surface area contributed by atoms with Crippen LogP contribution in [0.5, 0.6) is 0 Å². The van der Waals surface area contributed by atoms with Gasteiger partial charge in [0, 0.05) is 16.3 Å². The molecule has 0 unspecified atom stereocenters. The molecule has 0 saturated carbocycles. The van der Waals surface area contributed by atoms with E-state index in [1.54, 1.807) is 0 Å². The van der Waals surface area contributed by atoms with E-state index in [9.17, 15) is 0 Å². The summed E-state index contributed by atoms with van der Waals surface area (Å²) < 4.78 is 0. The van der Waals surface area contributed by atoms with Gasteiger partial charge in [0.2, 0.25) is 0 Å². The molecule has 0 atom stereocenters. The minimum atomic E-state index is 0.690. The fourth-order valence-corrected chi connectivity index (χ4v) is 2.71. The predicted octanol–water partition coefficient (Wildman–Crippen LogP) is 4.62. The van der Waals surface area contributed by atoms with Gasteiger partial charge in [-0.05, 0) is 41.5 Å². The van der Waals surface area contributed by atoms with Crippen LogP contribution in [0.4, 0.5) is 5.69 Å². The van der Waals surface area contributed by atoms with E-state index in [4.69, 9.17) is 12.2 Å². The lowest BCUT2D eigenvalue weighted by Crippen LogP contribution is -1.91. The molecule has 1 aromatic heterocycles. The molecular formula is C21H14N2. The first-order valence-corrected chi connectivity index (χ1v) is 7.41. The van der Waals surface area contributed by atoms with Crippen molar-refractivity contribution in [2.75, 3.05) is 5.73 Å². The maximum absolute atomic E-state index is 5.91. The van der Waals surface area contributed by atoms with E-state index in [1.165, 1.54) is 11.1 Å². The van der Waals surface area contributed by atoms with Crippen molar-refractivity contribution in [2.24, 2.45) is 0 Å². The Labute approximate surface area is 134 Å². The van der Waals surface area contributed by atoms with E-state index < -0.39 is 0 Å². The number of nitrogen functional groups attached to an aromatic ring is 1. The molecule has 0 fully saturated rings. The van der Waals surface area contributed by atoms with Crippen molar-refractivity contribution in [1.29, 1.82) is 0 Å². The molecule has 0 radical (unpaired) electrons. The minimum absolute atomic E-state index is 0.690. The number of para-hydroxylation sites is 1. The number of pyridine rings is 1. The zero-order valence-electron chi connectivity index (χ0n) is 12.5. The molecule has 0 aliphatic heterocycles. The average Bonchev–Trinajstić information content (AvgIpc) is 3.19. The molecule has 2 aliphatic carbocycles. The van der Waals surface area contributed by atoms with Gasteiger partial charge in [0.15, 0.2) is 0 Å². The number of anilines is 1. The maximum atomic E-state index is 5.91. The number of aromatic nitrogens is 1. The molecule has 2 heteroatoms. The van der Waals surface area contributed by atoms with E-state index in [0.29, 0.717) is 5.69 Å². The van der Waals surface area contributed by atoms with Crippen molar-refractivity contribution in [3.8, 4) is 23.5 Å². The third-order valence-corrected chi connectivity index (χ3v) is 3.98. The third kappa shape index (κ3) is 2.39. The van der Waals surface area contributed by atoms with Crippen LogP contribution in [0, 0.1) is 12.3 Å². The van der Waals surface area contributed by atoms with E-state index >= 15 is 0 Å². The van der Waals surface area contributed by atoms with Gasteiger partial charge < -0.3 is 5.73 Å². The number of nitrogens with two attached hydrogens (primary N) is 1. The van der Waals surface area contributed by atoms with Crippen molar-refractivity contribution in [2.45, 2.75) is 0 Å². The quantitative estimate of drug-likeness (QED) is 0.257. The maximum Gasteiger partial charge on any atom is 0.0938 e. The Morgan fingerprint density at radius 1 is 0.870 bits per heavy atom. The third-order valence-electron chi connectivity index (χ3n) is 3.98. The summed E-state index contributed by atoms with van der Waals surface area (Å²) in [6.45, 7) is 0. The Kier molecular flexibility index (Phi) is 2.99. The Hall–Kier alpha value is -3.31. The van der Waals surface area contributed by atoms with Crippen LogP contribution >= 0.6 is 0 Å². The Bertz CT molecular complexity index is 1070. The normalized spacial score (nSPS) is 10.7. The summed E-state index contributed by atoms with van der Waals surface area (Å²) in [5.41, 5.74) is 12.0. The Morgan fingerprint density at radius 3 is 2.26 bits per heavy atom. The van der Waals surface area contributed by atoms with Crippen LogP contribution < -0.4 is 5.73 Å². The lowest BCUT2D eigenvalue weighted by Gasteiger charge is -2.05. The van der Waals surface area contributed by atoms with E-state index in [0.717, 1.165) is 27.4 Å². The molecule has 23 heavy (non-hydrogen) atoms. The van der Waals surface area contributed by atoms with Crippen molar-refractivity contribution in [3.63, 3.8) is 0 Å². The van der Waals surface area contributed by atoms with Crippen LogP contribution in [0.1, 0.15) is 5.56 Å². The molecule has 3 aromatic rings. The zero-order valence-corrected chi connectivity index (χ0v) is 12.5. The van der Waals surface area contributed by atoms with Gasteiger partial charge in [0.05, 0.1) is 16.7 Å². The highest BCUT2D eigenvalue weighted by Crippen LogP contribution is 2.32. The first-order chi connectivity index (χ1) is 11.3. The summed E-state index contributed by atoms with van der Waals surface area (Å²) in [5, 5.41) is 2.01. The highest BCUT2D eigenvalue weighted by atomic mass is 14.7. The lowest BCUT2D eigenvalue weighted by molar-refractivity contribution is 1.49. The smallest absolute Gasteiger partial charge is 0.0938 e. The summed E-state index contributed by atoms with van der Waals surface area (Å²) in [6, 6.07) is 22.1. The standard InChI is InChI=1S/C15H10N2.C6H4/c1-2-10-5-4-8-14-12(10)9-11-6-3-7-13(16)15(11)17-14;1-2-5-4-6(5)3-1/h1,3-9H,16H2;1-4H. The van der Waals surface area contributed by atoms with Gasteiger partial charge in [0.25, 0.3) is 0 Å². The van der Waals surface area contributed by atoms with Crippen LogP contribution in [-0.4, -0.2) is 4.98 Å². The lowest BCUT2D eigenvalue weighted by atomic mass is 10.1. The van der Waals surface area contributed by atoms with E-state index in [2.05, 4.69) is 35.2 Å². The second kappa shape index (κ2) is 5.15.